The van der Waals surface area contributed by atoms with Crippen molar-refractivity contribution in [2.75, 3.05) is 5.73 Å². The zero-order valence-electron chi connectivity index (χ0n) is 9.03. The summed E-state index contributed by atoms with van der Waals surface area (Å²) in [7, 11) is 0. The highest BCUT2D eigenvalue weighted by molar-refractivity contribution is 5.98. The topological polar surface area (TPSA) is 72.9 Å². The lowest BCUT2D eigenvalue weighted by Gasteiger charge is -2.08. The Hall–Kier alpha value is -1.52. The second-order valence-corrected chi connectivity index (χ2v) is 4.23. The molecule has 1 aromatic heterocycles. The van der Waals surface area contributed by atoms with Crippen LogP contribution in [0.4, 0.5) is 5.82 Å². The Bertz CT molecular complexity index is 379. The summed E-state index contributed by atoms with van der Waals surface area (Å²) in [6.45, 7) is 3.96. The summed E-state index contributed by atoms with van der Waals surface area (Å²) in [5.41, 5.74) is 6.32. The Morgan fingerprint density at radius 3 is 2.80 bits per heavy atom. The van der Waals surface area contributed by atoms with Crippen molar-refractivity contribution in [3.63, 3.8) is 0 Å². The van der Waals surface area contributed by atoms with E-state index in [1.54, 1.807) is 4.68 Å². The zero-order valence-corrected chi connectivity index (χ0v) is 9.03. The molecule has 3 N–H and O–H groups in total. The van der Waals surface area contributed by atoms with Crippen molar-refractivity contribution < 1.29 is 4.79 Å². The van der Waals surface area contributed by atoms with Gasteiger partial charge in [0, 0.05) is 12.1 Å². The molecular weight excluding hydrogens is 192 g/mol. The summed E-state index contributed by atoms with van der Waals surface area (Å²) >= 11 is 0. The lowest BCUT2D eigenvalue weighted by Crippen LogP contribution is -2.26. The van der Waals surface area contributed by atoms with Crippen LogP contribution in [0.3, 0.4) is 0 Å². The summed E-state index contributed by atoms with van der Waals surface area (Å²) in [6, 6.07) is 0.520. The van der Waals surface area contributed by atoms with E-state index < -0.39 is 0 Å². The summed E-state index contributed by atoms with van der Waals surface area (Å²) in [5.74, 6) is 0.338. The lowest BCUT2D eigenvalue weighted by atomic mass is 10.3. The van der Waals surface area contributed by atoms with E-state index in [0.717, 1.165) is 12.8 Å². The molecule has 5 heteroatoms. The summed E-state index contributed by atoms with van der Waals surface area (Å²) in [4.78, 5) is 11.7. The van der Waals surface area contributed by atoms with Gasteiger partial charge in [-0.15, -0.1) is 0 Å². The van der Waals surface area contributed by atoms with Crippen molar-refractivity contribution in [1.82, 2.24) is 15.1 Å². The number of carbonyl (C=O) groups is 1. The van der Waals surface area contributed by atoms with Crippen LogP contribution >= 0.6 is 0 Å². The highest BCUT2D eigenvalue weighted by Gasteiger charge is 2.25. The third-order valence-electron chi connectivity index (χ3n) is 2.48. The van der Waals surface area contributed by atoms with Crippen molar-refractivity contribution >= 4 is 11.7 Å². The molecule has 0 unspecified atom stereocenters. The first kappa shape index (κ1) is 10.0. The van der Waals surface area contributed by atoms with Gasteiger partial charge in [-0.3, -0.25) is 4.79 Å². The van der Waals surface area contributed by atoms with Crippen LogP contribution in [0.1, 0.15) is 43.1 Å². The van der Waals surface area contributed by atoms with Crippen LogP contribution < -0.4 is 11.1 Å². The molecule has 1 heterocycles. The van der Waals surface area contributed by atoms with Gasteiger partial charge in [0.2, 0.25) is 0 Å². The number of hydrogen-bond donors (Lipinski definition) is 2. The first-order chi connectivity index (χ1) is 7.09. The van der Waals surface area contributed by atoms with Crippen LogP contribution in [-0.4, -0.2) is 21.7 Å². The molecule has 0 atom stereocenters. The highest BCUT2D eigenvalue weighted by Crippen LogP contribution is 2.21. The number of nitrogens with two attached hydrogens (primary N) is 1. The van der Waals surface area contributed by atoms with E-state index in [0.29, 0.717) is 17.4 Å². The summed E-state index contributed by atoms with van der Waals surface area (Å²) in [5, 5.41) is 6.99. The highest BCUT2D eigenvalue weighted by atomic mass is 16.1. The van der Waals surface area contributed by atoms with Gasteiger partial charge in [-0.05, 0) is 26.7 Å². The van der Waals surface area contributed by atoms with E-state index >= 15 is 0 Å². The molecule has 1 fully saturated rings. The number of carbonyl (C=O) groups excluding carboxylic acids is 1. The van der Waals surface area contributed by atoms with Crippen LogP contribution in [-0.2, 0) is 0 Å². The molecule has 0 radical (unpaired) electrons. The largest absolute Gasteiger partial charge is 0.383 e. The van der Waals surface area contributed by atoms with Crippen molar-refractivity contribution in [1.29, 1.82) is 0 Å². The second-order valence-electron chi connectivity index (χ2n) is 4.23. The maximum atomic E-state index is 11.7. The number of aromatic nitrogens is 2. The minimum absolute atomic E-state index is 0.109. The average Bonchev–Trinajstić information content (AvgIpc) is 2.86. The van der Waals surface area contributed by atoms with Gasteiger partial charge in [0.05, 0.1) is 6.20 Å². The monoisotopic (exact) mass is 208 g/mol. The molecule has 1 aliphatic rings. The number of anilines is 1. The smallest absolute Gasteiger partial charge is 0.256 e. The van der Waals surface area contributed by atoms with Crippen molar-refractivity contribution in [3.05, 3.63) is 11.8 Å². The van der Waals surface area contributed by atoms with Gasteiger partial charge in [0.15, 0.2) is 0 Å². The first-order valence-electron chi connectivity index (χ1n) is 5.23. The molecule has 0 aromatic carbocycles. The number of nitrogens with zero attached hydrogens (tertiary/aromatic N) is 2. The fraction of sp³-hybridized carbons (Fsp3) is 0.600. The predicted molar refractivity (Wildman–Crippen MR) is 57.5 cm³/mol. The Morgan fingerprint density at radius 2 is 2.33 bits per heavy atom. The molecule has 0 bridgehead atoms. The quantitative estimate of drug-likeness (QED) is 0.776. The van der Waals surface area contributed by atoms with Gasteiger partial charge < -0.3 is 11.1 Å². The first-order valence-corrected chi connectivity index (χ1v) is 5.23. The second kappa shape index (κ2) is 3.56. The van der Waals surface area contributed by atoms with Gasteiger partial charge in [-0.1, -0.05) is 0 Å². The lowest BCUT2D eigenvalue weighted by molar-refractivity contribution is 0.0952. The number of amides is 1. The Labute approximate surface area is 88.6 Å². The van der Waals surface area contributed by atoms with Crippen molar-refractivity contribution in [2.24, 2.45) is 0 Å². The normalized spacial score (nSPS) is 15.7. The summed E-state index contributed by atoms with van der Waals surface area (Å²) in [6.07, 6.45) is 3.68. The third-order valence-corrected chi connectivity index (χ3v) is 2.48. The molecule has 0 aliphatic heterocycles. The fourth-order valence-electron chi connectivity index (χ4n) is 1.45. The molecule has 1 aliphatic carbocycles. The Morgan fingerprint density at radius 1 is 1.67 bits per heavy atom. The molecule has 1 saturated carbocycles. The van der Waals surface area contributed by atoms with Crippen LogP contribution in [0, 0.1) is 0 Å². The average molecular weight is 208 g/mol. The molecule has 15 heavy (non-hydrogen) atoms. The molecule has 0 saturated heterocycles. The predicted octanol–water partition coefficient (Wildman–Crippen LogP) is 0.938. The molecule has 0 spiro atoms. The van der Waals surface area contributed by atoms with Crippen LogP contribution in [0.25, 0.3) is 0 Å². The van der Waals surface area contributed by atoms with Gasteiger partial charge in [-0.2, -0.15) is 5.10 Å². The Kier molecular flexibility index (Phi) is 2.38. The van der Waals surface area contributed by atoms with Gasteiger partial charge in [-0.25, -0.2) is 4.68 Å². The maximum absolute atomic E-state index is 11.7. The van der Waals surface area contributed by atoms with E-state index in [1.165, 1.54) is 6.20 Å². The van der Waals surface area contributed by atoms with Gasteiger partial charge in [0.1, 0.15) is 11.4 Å². The standard InChI is InChI=1S/C10H16N4O/c1-6(2)14-9(11)8(5-12-14)10(15)13-7-3-4-7/h5-7H,3-4,11H2,1-2H3,(H,13,15). The van der Waals surface area contributed by atoms with Gasteiger partial charge in [0.25, 0.3) is 5.91 Å². The van der Waals surface area contributed by atoms with Gasteiger partial charge >= 0.3 is 0 Å². The molecule has 82 valence electrons. The van der Waals surface area contributed by atoms with Crippen LogP contribution in [0.5, 0.6) is 0 Å². The van der Waals surface area contributed by atoms with E-state index in [-0.39, 0.29) is 11.9 Å². The zero-order chi connectivity index (χ0) is 11.0. The van der Waals surface area contributed by atoms with E-state index in [9.17, 15) is 4.79 Å². The molecule has 1 amide bonds. The third kappa shape index (κ3) is 1.95. The van der Waals surface area contributed by atoms with Crippen molar-refractivity contribution in [3.8, 4) is 0 Å². The van der Waals surface area contributed by atoms with Crippen LogP contribution in [0.15, 0.2) is 6.20 Å². The number of nitrogen functional groups attached to an aromatic ring is 1. The molecule has 5 nitrogen and oxygen atoms in total. The maximum Gasteiger partial charge on any atom is 0.256 e. The Balaban J connectivity index is 2.16. The molecule has 2 rings (SSSR count). The summed E-state index contributed by atoms with van der Waals surface area (Å²) < 4.78 is 1.65. The van der Waals surface area contributed by atoms with Crippen LogP contribution in [0.2, 0.25) is 0 Å². The number of rotatable bonds is 3. The fourth-order valence-corrected chi connectivity index (χ4v) is 1.45. The molecular formula is C10H16N4O. The van der Waals surface area contributed by atoms with E-state index in [4.69, 9.17) is 5.73 Å². The molecule has 1 aromatic rings. The number of nitrogens with one attached hydrogen (secondary N) is 1. The van der Waals surface area contributed by atoms with E-state index in [2.05, 4.69) is 10.4 Å². The minimum Gasteiger partial charge on any atom is -0.383 e. The SMILES string of the molecule is CC(C)n1ncc(C(=O)NC2CC2)c1N. The number of hydrogen-bond acceptors (Lipinski definition) is 3. The minimum atomic E-state index is -0.109. The van der Waals surface area contributed by atoms with Crippen molar-refractivity contribution in [2.45, 2.75) is 38.8 Å². The van der Waals surface area contributed by atoms with E-state index in [1.807, 2.05) is 13.8 Å².